The Labute approximate surface area is 228 Å². The molecule has 0 aliphatic carbocycles. The van der Waals surface area contributed by atoms with E-state index in [0.29, 0.717) is 74.4 Å². The molecule has 4 rings (SSSR count). The first-order valence-corrected chi connectivity index (χ1v) is 13.0. The average molecular weight is 538 g/mol. The summed E-state index contributed by atoms with van der Waals surface area (Å²) in [5.41, 5.74) is 2.53. The summed E-state index contributed by atoms with van der Waals surface area (Å²) in [5.74, 6) is 0.566. The van der Waals surface area contributed by atoms with Crippen molar-refractivity contribution in [3.8, 4) is 6.07 Å². The van der Waals surface area contributed by atoms with Crippen molar-refractivity contribution in [3.63, 3.8) is 0 Å². The number of aryl methyl sites for hydroxylation is 1. The van der Waals surface area contributed by atoms with E-state index in [9.17, 15) is 19.6 Å². The topological polar surface area (TPSA) is 150 Å². The molecule has 2 aliphatic rings. The maximum atomic E-state index is 13.2. The van der Waals surface area contributed by atoms with Crippen LogP contribution in [0.3, 0.4) is 0 Å². The third-order valence-electron chi connectivity index (χ3n) is 6.41. The van der Waals surface area contributed by atoms with Crippen LogP contribution < -0.4 is 15.5 Å². The number of carbonyl (C=O) groups excluding carboxylic acids is 3. The molecule has 2 N–H and O–H groups in total. The van der Waals surface area contributed by atoms with Gasteiger partial charge in [0.2, 0.25) is 0 Å². The number of nitriles is 1. The Morgan fingerprint density at radius 1 is 1.28 bits per heavy atom. The fourth-order valence-corrected chi connectivity index (χ4v) is 4.50. The molecule has 0 aromatic carbocycles. The summed E-state index contributed by atoms with van der Waals surface area (Å²) < 4.78 is 10.2. The van der Waals surface area contributed by atoms with Gasteiger partial charge < -0.3 is 19.7 Å². The van der Waals surface area contributed by atoms with Crippen LogP contribution in [0.15, 0.2) is 18.3 Å². The zero-order valence-corrected chi connectivity index (χ0v) is 22.8. The number of rotatable bonds is 9. The standard InChI is InChI=1S/C25H29N7O5.C2H6/c1-36-9-6-27-19-11-22(28-13-18(19)12-26)30-25(35)32-7-3-4-16-10-17(20(15-33)29-23(16)32)14-31-8-5-21(37-2)24(31)34;1-2/h10-11,13,15,21H,3-9,14H2,1-2H3,(H2,27,28,30,35);1-2H3. The highest BCUT2D eigenvalue weighted by Crippen LogP contribution is 2.29. The van der Waals surface area contributed by atoms with Crippen molar-refractivity contribution in [2.24, 2.45) is 0 Å². The number of carbonyl (C=O) groups is 3. The van der Waals surface area contributed by atoms with Crippen LogP contribution in [-0.2, 0) is 27.2 Å². The predicted molar refractivity (Wildman–Crippen MR) is 146 cm³/mol. The Hall–Kier alpha value is -4.08. The molecule has 3 amide bonds. The molecule has 39 heavy (non-hydrogen) atoms. The molecule has 2 aromatic heterocycles. The molecule has 2 aromatic rings. The molecule has 1 unspecified atom stereocenters. The number of pyridine rings is 2. The highest BCUT2D eigenvalue weighted by Gasteiger charge is 2.33. The number of anilines is 3. The van der Waals surface area contributed by atoms with Gasteiger partial charge in [-0.2, -0.15) is 5.26 Å². The number of ether oxygens (including phenoxy) is 2. The molecular formula is C27H35N7O5. The van der Waals surface area contributed by atoms with Gasteiger partial charge in [-0.15, -0.1) is 0 Å². The number of nitrogens with zero attached hydrogens (tertiary/aromatic N) is 5. The van der Waals surface area contributed by atoms with Gasteiger partial charge >= 0.3 is 6.03 Å². The van der Waals surface area contributed by atoms with Crippen LogP contribution in [0, 0.1) is 11.3 Å². The molecule has 0 saturated carbocycles. The molecule has 0 bridgehead atoms. The molecule has 0 radical (unpaired) electrons. The number of hydrogen-bond acceptors (Lipinski definition) is 9. The van der Waals surface area contributed by atoms with E-state index < -0.39 is 12.1 Å². The summed E-state index contributed by atoms with van der Waals surface area (Å²) in [7, 11) is 3.09. The van der Waals surface area contributed by atoms with Crippen molar-refractivity contribution in [3.05, 3.63) is 40.7 Å². The van der Waals surface area contributed by atoms with Gasteiger partial charge in [0.25, 0.3) is 5.91 Å². The van der Waals surface area contributed by atoms with E-state index >= 15 is 0 Å². The quantitative estimate of drug-likeness (QED) is 0.363. The normalized spacial score (nSPS) is 16.1. The molecule has 12 heteroatoms. The molecule has 0 spiro atoms. The first kappa shape index (κ1) is 29.5. The lowest BCUT2D eigenvalue weighted by atomic mass is 10.0. The molecule has 208 valence electrons. The van der Waals surface area contributed by atoms with Gasteiger partial charge in [0.05, 0.1) is 17.9 Å². The Balaban J connectivity index is 0.00000205. The fraction of sp³-hybridized carbons (Fsp3) is 0.481. The largest absolute Gasteiger partial charge is 0.383 e. The smallest absolute Gasteiger partial charge is 0.328 e. The van der Waals surface area contributed by atoms with Crippen molar-refractivity contribution in [2.75, 3.05) is 56.0 Å². The second-order valence-corrected chi connectivity index (χ2v) is 8.74. The average Bonchev–Trinajstić information content (AvgIpc) is 3.32. The van der Waals surface area contributed by atoms with Crippen LogP contribution in [0.2, 0.25) is 0 Å². The third kappa shape index (κ3) is 6.87. The molecule has 1 atom stereocenters. The van der Waals surface area contributed by atoms with Crippen molar-refractivity contribution < 1.29 is 23.9 Å². The van der Waals surface area contributed by atoms with E-state index in [-0.39, 0.29) is 24.0 Å². The summed E-state index contributed by atoms with van der Waals surface area (Å²) in [5, 5.41) is 15.2. The second kappa shape index (κ2) is 14.2. The van der Waals surface area contributed by atoms with Crippen LogP contribution in [0.1, 0.15) is 53.9 Å². The SMILES string of the molecule is CC.COCCNc1cc(NC(=O)N2CCCc3cc(CN4CCC(OC)C4=O)c(C=O)nc32)ncc1C#N. The van der Waals surface area contributed by atoms with Crippen LogP contribution >= 0.6 is 0 Å². The highest BCUT2D eigenvalue weighted by atomic mass is 16.5. The van der Waals surface area contributed by atoms with Crippen molar-refractivity contribution in [1.82, 2.24) is 14.9 Å². The fourth-order valence-electron chi connectivity index (χ4n) is 4.50. The van der Waals surface area contributed by atoms with E-state index in [4.69, 9.17) is 9.47 Å². The Morgan fingerprint density at radius 2 is 2.08 bits per heavy atom. The summed E-state index contributed by atoms with van der Waals surface area (Å²) in [6.45, 7) is 6.15. The Morgan fingerprint density at radius 3 is 2.74 bits per heavy atom. The lowest BCUT2D eigenvalue weighted by Crippen LogP contribution is -2.40. The minimum atomic E-state index is -0.462. The maximum absolute atomic E-state index is 13.2. The van der Waals surface area contributed by atoms with Crippen molar-refractivity contribution in [1.29, 1.82) is 5.26 Å². The van der Waals surface area contributed by atoms with Gasteiger partial charge in [0.15, 0.2) is 6.29 Å². The maximum Gasteiger partial charge on any atom is 0.328 e. The monoisotopic (exact) mass is 537 g/mol. The van der Waals surface area contributed by atoms with Gasteiger partial charge in [-0.3, -0.25) is 19.8 Å². The van der Waals surface area contributed by atoms with Gasteiger partial charge in [0, 0.05) is 64.6 Å². The lowest BCUT2D eigenvalue weighted by molar-refractivity contribution is -0.136. The van der Waals surface area contributed by atoms with Gasteiger partial charge in [-0.05, 0) is 24.5 Å². The molecule has 2 aliphatic heterocycles. The van der Waals surface area contributed by atoms with Gasteiger partial charge in [-0.1, -0.05) is 13.8 Å². The summed E-state index contributed by atoms with van der Waals surface area (Å²) in [6, 6.07) is 5.07. The summed E-state index contributed by atoms with van der Waals surface area (Å²) in [6.07, 6.45) is 3.57. The minimum Gasteiger partial charge on any atom is -0.383 e. The zero-order valence-electron chi connectivity index (χ0n) is 22.8. The van der Waals surface area contributed by atoms with Crippen molar-refractivity contribution in [2.45, 2.75) is 45.8 Å². The van der Waals surface area contributed by atoms with Crippen LogP contribution in [0.5, 0.6) is 0 Å². The van der Waals surface area contributed by atoms with Crippen LogP contribution in [0.4, 0.5) is 22.1 Å². The predicted octanol–water partition coefficient (Wildman–Crippen LogP) is 2.98. The summed E-state index contributed by atoms with van der Waals surface area (Å²) >= 11 is 0. The van der Waals surface area contributed by atoms with E-state index in [2.05, 4.69) is 26.7 Å². The number of hydrogen-bond donors (Lipinski definition) is 2. The van der Waals surface area contributed by atoms with Gasteiger partial charge in [0.1, 0.15) is 29.5 Å². The minimum absolute atomic E-state index is 0.107. The van der Waals surface area contributed by atoms with Crippen LogP contribution in [0.25, 0.3) is 0 Å². The number of methoxy groups -OCH3 is 2. The molecule has 12 nitrogen and oxygen atoms in total. The Kier molecular flexibility index (Phi) is 10.7. The molecule has 1 saturated heterocycles. The van der Waals surface area contributed by atoms with E-state index in [1.807, 2.05) is 19.9 Å². The number of amides is 3. The Bertz CT molecular complexity index is 1230. The zero-order chi connectivity index (χ0) is 28.4. The number of urea groups is 1. The molecule has 1 fully saturated rings. The lowest BCUT2D eigenvalue weighted by Gasteiger charge is -2.29. The van der Waals surface area contributed by atoms with Gasteiger partial charge in [-0.25, -0.2) is 14.8 Å². The molecule has 4 heterocycles. The van der Waals surface area contributed by atoms with Crippen LogP contribution in [-0.4, -0.2) is 79.7 Å². The summed E-state index contributed by atoms with van der Waals surface area (Å²) in [4.78, 5) is 49.4. The number of aldehydes is 1. The first-order valence-electron chi connectivity index (χ1n) is 13.0. The van der Waals surface area contributed by atoms with E-state index in [1.54, 1.807) is 18.1 Å². The van der Waals surface area contributed by atoms with E-state index in [1.165, 1.54) is 18.2 Å². The number of aromatic nitrogens is 2. The third-order valence-corrected chi connectivity index (χ3v) is 6.41. The molecular weight excluding hydrogens is 502 g/mol. The number of likely N-dealkylation sites (tertiary alicyclic amines) is 1. The van der Waals surface area contributed by atoms with Crippen molar-refractivity contribution >= 4 is 35.5 Å². The second-order valence-electron chi connectivity index (χ2n) is 8.74. The first-order chi connectivity index (χ1) is 19.0. The number of nitrogens with one attached hydrogen (secondary N) is 2. The number of fused-ring (bicyclic) bond motifs is 1. The highest BCUT2D eigenvalue weighted by molar-refractivity contribution is 6.02. The van der Waals surface area contributed by atoms with E-state index in [0.717, 1.165) is 5.56 Å².